The van der Waals surface area contributed by atoms with Crippen molar-refractivity contribution in [2.75, 3.05) is 26.2 Å². The fourth-order valence-electron chi connectivity index (χ4n) is 3.36. The first-order valence-corrected chi connectivity index (χ1v) is 10.7. The predicted molar refractivity (Wildman–Crippen MR) is 117 cm³/mol. The molecule has 1 heterocycles. The van der Waals surface area contributed by atoms with Gasteiger partial charge in [-0.3, -0.25) is 9.69 Å². The lowest BCUT2D eigenvalue weighted by molar-refractivity contribution is -0.112. The molecule has 0 bridgehead atoms. The molecule has 29 heavy (non-hydrogen) atoms. The normalized spacial score (nSPS) is 17.5. The molecule has 6 heteroatoms. The Morgan fingerprint density at radius 3 is 2.69 bits per heavy atom. The van der Waals surface area contributed by atoms with E-state index in [1.807, 2.05) is 30.3 Å². The second kappa shape index (κ2) is 10.4. The molecule has 156 valence electrons. The van der Waals surface area contributed by atoms with Crippen LogP contribution in [0.4, 0.5) is 0 Å². The third kappa shape index (κ3) is 6.45. The number of hydrogen-bond donors (Lipinski definition) is 0. The van der Waals surface area contributed by atoms with Gasteiger partial charge in [0.05, 0.1) is 12.7 Å². The highest BCUT2D eigenvalue weighted by Gasteiger charge is 2.22. The van der Waals surface area contributed by atoms with Gasteiger partial charge in [-0.2, -0.15) is 0 Å². The predicted octanol–water partition coefficient (Wildman–Crippen LogP) is 5.57. The molecule has 0 aromatic heterocycles. The van der Waals surface area contributed by atoms with Gasteiger partial charge in [-0.15, -0.1) is 0 Å². The van der Waals surface area contributed by atoms with Crippen molar-refractivity contribution < 1.29 is 14.3 Å². The summed E-state index contributed by atoms with van der Waals surface area (Å²) in [7, 11) is 0. The molecule has 0 radical (unpaired) electrons. The smallest absolute Gasteiger partial charge is 0.222 e. The van der Waals surface area contributed by atoms with Gasteiger partial charge in [-0.25, -0.2) is 0 Å². The van der Waals surface area contributed by atoms with Crippen molar-refractivity contribution in [2.45, 2.75) is 38.9 Å². The van der Waals surface area contributed by atoms with Crippen LogP contribution in [0.5, 0.6) is 5.75 Å². The van der Waals surface area contributed by atoms with Gasteiger partial charge >= 0.3 is 0 Å². The van der Waals surface area contributed by atoms with Crippen LogP contribution in [0.15, 0.2) is 42.5 Å². The summed E-state index contributed by atoms with van der Waals surface area (Å²) >= 11 is 11.8. The van der Waals surface area contributed by atoms with E-state index in [1.165, 1.54) is 5.56 Å². The van der Waals surface area contributed by atoms with Gasteiger partial charge in [0.15, 0.2) is 0 Å². The number of rotatable bonds is 8. The third-order valence-corrected chi connectivity index (χ3v) is 5.72. The number of nitrogens with zero attached hydrogens (tertiary/aromatic N) is 1. The second-order valence-corrected chi connectivity index (χ2v) is 8.46. The van der Waals surface area contributed by atoms with Gasteiger partial charge < -0.3 is 9.47 Å². The van der Waals surface area contributed by atoms with Crippen molar-refractivity contribution in [3.05, 3.63) is 64.2 Å². The fourth-order valence-corrected chi connectivity index (χ4v) is 3.61. The van der Waals surface area contributed by atoms with Crippen LogP contribution < -0.4 is 4.74 Å². The fraction of sp³-hybridized carbons (Fsp3) is 0.435. The number of ether oxygens (including phenoxy) is 2. The largest absolute Gasteiger partial charge is 0.489 e. The van der Waals surface area contributed by atoms with Gasteiger partial charge in [0.1, 0.15) is 12.4 Å². The standard InChI is InChI=1S/C23H27Cl2NO3/c1-16(2)18-5-8-21(24)19(13-18)15-29-20-6-3-17(4-7-20)22-14-26(11-12-28-22)10-9-23(25)27/h3-8,13,16,22H,9-12,14-15H2,1-2H3. The van der Waals surface area contributed by atoms with Crippen molar-refractivity contribution in [1.82, 2.24) is 4.90 Å². The number of morpholine rings is 1. The number of carbonyl (C=O) groups is 1. The molecule has 2 aromatic rings. The Labute approximate surface area is 182 Å². The average Bonchev–Trinajstić information content (AvgIpc) is 2.72. The van der Waals surface area contributed by atoms with Crippen LogP contribution in [0.2, 0.25) is 5.02 Å². The van der Waals surface area contributed by atoms with E-state index in [2.05, 4.69) is 30.9 Å². The van der Waals surface area contributed by atoms with Gasteiger partial charge in [-0.1, -0.05) is 49.7 Å². The lowest BCUT2D eigenvalue weighted by Crippen LogP contribution is -2.39. The Morgan fingerprint density at radius 1 is 1.24 bits per heavy atom. The molecule has 1 aliphatic rings. The van der Waals surface area contributed by atoms with Crippen LogP contribution >= 0.6 is 23.2 Å². The van der Waals surface area contributed by atoms with E-state index in [0.717, 1.165) is 35.0 Å². The maximum atomic E-state index is 11.0. The zero-order chi connectivity index (χ0) is 20.8. The molecule has 1 fully saturated rings. The van der Waals surface area contributed by atoms with E-state index in [1.54, 1.807) is 0 Å². The molecule has 2 aromatic carbocycles. The molecule has 0 N–H and O–H groups in total. The van der Waals surface area contributed by atoms with E-state index in [9.17, 15) is 4.79 Å². The molecule has 1 atom stereocenters. The molecular formula is C23H27Cl2NO3. The molecule has 1 unspecified atom stereocenters. The van der Waals surface area contributed by atoms with E-state index in [-0.39, 0.29) is 11.3 Å². The summed E-state index contributed by atoms with van der Waals surface area (Å²) in [4.78, 5) is 13.2. The summed E-state index contributed by atoms with van der Waals surface area (Å²) in [6.07, 6.45) is 0.349. The monoisotopic (exact) mass is 435 g/mol. The van der Waals surface area contributed by atoms with Crippen LogP contribution in [0.3, 0.4) is 0 Å². The van der Waals surface area contributed by atoms with Crippen molar-refractivity contribution in [3.63, 3.8) is 0 Å². The van der Waals surface area contributed by atoms with Crippen molar-refractivity contribution in [2.24, 2.45) is 0 Å². The molecule has 0 aliphatic carbocycles. The maximum Gasteiger partial charge on any atom is 0.222 e. The van der Waals surface area contributed by atoms with Crippen LogP contribution in [0.25, 0.3) is 0 Å². The Hall–Kier alpha value is -1.59. The first-order chi connectivity index (χ1) is 13.9. The van der Waals surface area contributed by atoms with E-state index in [4.69, 9.17) is 32.7 Å². The number of benzene rings is 2. The Bertz CT molecular complexity index is 823. The minimum absolute atomic E-state index is 0.0135. The number of hydrogen-bond acceptors (Lipinski definition) is 4. The lowest BCUT2D eigenvalue weighted by atomic mass is 10.0. The maximum absolute atomic E-state index is 11.0. The van der Waals surface area contributed by atoms with Crippen LogP contribution in [0.1, 0.15) is 49.0 Å². The summed E-state index contributed by atoms with van der Waals surface area (Å²) in [5.74, 6) is 1.24. The quantitative estimate of drug-likeness (QED) is 0.507. The zero-order valence-corrected chi connectivity index (χ0v) is 18.4. The van der Waals surface area contributed by atoms with Gasteiger partial charge in [0, 0.05) is 36.6 Å². The Kier molecular flexibility index (Phi) is 7.96. The number of carbonyl (C=O) groups excluding carboxylic acids is 1. The summed E-state index contributed by atoms with van der Waals surface area (Å²) in [6.45, 7) is 7.63. The van der Waals surface area contributed by atoms with E-state index in [0.29, 0.717) is 32.1 Å². The van der Waals surface area contributed by atoms with E-state index >= 15 is 0 Å². The zero-order valence-electron chi connectivity index (χ0n) is 16.9. The molecule has 0 amide bonds. The summed E-state index contributed by atoms with van der Waals surface area (Å²) in [6, 6.07) is 14.1. The van der Waals surface area contributed by atoms with Crippen LogP contribution in [-0.4, -0.2) is 36.4 Å². The highest BCUT2D eigenvalue weighted by atomic mass is 35.5. The van der Waals surface area contributed by atoms with Crippen LogP contribution in [-0.2, 0) is 16.1 Å². The van der Waals surface area contributed by atoms with E-state index < -0.39 is 0 Å². The average molecular weight is 436 g/mol. The van der Waals surface area contributed by atoms with Crippen molar-refractivity contribution in [3.8, 4) is 5.75 Å². The molecule has 1 aliphatic heterocycles. The highest BCUT2D eigenvalue weighted by molar-refractivity contribution is 6.63. The van der Waals surface area contributed by atoms with Gasteiger partial charge in [0.2, 0.25) is 5.24 Å². The minimum Gasteiger partial charge on any atom is -0.489 e. The minimum atomic E-state index is -0.298. The summed E-state index contributed by atoms with van der Waals surface area (Å²) < 4.78 is 11.9. The molecule has 0 saturated carbocycles. The van der Waals surface area contributed by atoms with Gasteiger partial charge in [-0.05, 0) is 46.8 Å². The third-order valence-electron chi connectivity index (χ3n) is 5.16. The molecular weight excluding hydrogens is 409 g/mol. The molecule has 0 spiro atoms. The molecule has 3 rings (SSSR count). The molecule has 1 saturated heterocycles. The summed E-state index contributed by atoms with van der Waals surface area (Å²) in [5, 5.41) is 0.422. The topological polar surface area (TPSA) is 38.8 Å². The Morgan fingerprint density at radius 2 is 2.00 bits per heavy atom. The summed E-state index contributed by atoms with van der Waals surface area (Å²) in [5.41, 5.74) is 3.33. The molecule has 4 nitrogen and oxygen atoms in total. The Balaban J connectivity index is 1.58. The second-order valence-electron chi connectivity index (χ2n) is 7.63. The lowest BCUT2D eigenvalue weighted by Gasteiger charge is -2.32. The van der Waals surface area contributed by atoms with Crippen molar-refractivity contribution >= 4 is 28.4 Å². The highest BCUT2D eigenvalue weighted by Crippen LogP contribution is 2.27. The SMILES string of the molecule is CC(C)c1ccc(Cl)c(COc2ccc(C3CN(CCC(=O)Cl)CCO3)cc2)c1. The van der Waals surface area contributed by atoms with Crippen LogP contribution in [0, 0.1) is 0 Å². The van der Waals surface area contributed by atoms with Gasteiger partial charge in [0.25, 0.3) is 0 Å². The first-order valence-electron chi connectivity index (χ1n) is 9.95. The first kappa shape index (κ1) is 22.1. The number of halogens is 2. The van der Waals surface area contributed by atoms with Crippen molar-refractivity contribution in [1.29, 1.82) is 0 Å².